The molecule has 0 saturated carbocycles. The van der Waals surface area contributed by atoms with Crippen molar-refractivity contribution in [1.29, 1.82) is 0 Å². The number of pyridine rings is 1. The molecule has 35 heavy (non-hydrogen) atoms. The number of urea groups is 1. The molecule has 0 aliphatic heterocycles. The summed E-state index contributed by atoms with van der Waals surface area (Å²) in [5, 5.41) is 5.03. The van der Waals surface area contributed by atoms with Crippen molar-refractivity contribution in [1.82, 2.24) is 10.3 Å². The highest BCUT2D eigenvalue weighted by Gasteiger charge is 2.40. The van der Waals surface area contributed by atoms with Crippen LogP contribution in [0.4, 0.5) is 42.5 Å². The van der Waals surface area contributed by atoms with Crippen molar-refractivity contribution in [3.05, 3.63) is 83.7 Å². The standard InChI is InChI=1S/C21H16F6N4O3S/c22-20(23,24)14-3-8-17(21(25,26)27)18(10-14)35(33,34)31-16-6-4-15(5-7-16)30-19(32)29-12-13-2-1-9-28-11-13/h1-11,31H,12H2,(H2,29,30,32). The predicted molar refractivity (Wildman–Crippen MR) is 114 cm³/mol. The number of amides is 2. The molecule has 0 atom stereocenters. The van der Waals surface area contributed by atoms with E-state index in [4.69, 9.17) is 0 Å². The van der Waals surface area contributed by atoms with Crippen molar-refractivity contribution in [3.63, 3.8) is 0 Å². The first-order valence-electron chi connectivity index (χ1n) is 9.61. The van der Waals surface area contributed by atoms with Crippen LogP contribution in [-0.4, -0.2) is 19.4 Å². The van der Waals surface area contributed by atoms with E-state index in [0.29, 0.717) is 0 Å². The number of sulfonamides is 1. The van der Waals surface area contributed by atoms with E-state index in [1.807, 2.05) is 4.72 Å². The molecule has 1 heterocycles. The van der Waals surface area contributed by atoms with Crippen LogP contribution in [0.15, 0.2) is 71.9 Å². The molecule has 2 aromatic carbocycles. The molecule has 3 rings (SSSR count). The number of nitrogens with one attached hydrogen (secondary N) is 3. The Morgan fingerprint density at radius 3 is 2.11 bits per heavy atom. The predicted octanol–water partition coefficient (Wildman–Crippen LogP) is 5.24. The maximum atomic E-state index is 13.3. The highest BCUT2D eigenvalue weighted by Crippen LogP contribution is 2.38. The molecular formula is C21H16F6N4O3S. The highest BCUT2D eigenvalue weighted by molar-refractivity contribution is 7.92. The number of alkyl halides is 6. The summed E-state index contributed by atoms with van der Waals surface area (Å²) < 4.78 is 106. The van der Waals surface area contributed by atoms with Crippen LogP contribution in [0.5, 0.6) is 0 Å². The number of carbonyl (C=O) groups excluding carboxylic acids is 1. The molecule has 7 nitrogen and oxygen atoms in total. The van der Waals surface area contributed by atoms with Gasteiger partial charge in [-0.05, 0) is 54.1 Å². The molecule has 3 N–H and O–H groups in total. The molecule has 0 bridgehead atoms. The Labute approximate surface area is 195 Å². The number of hydrogen-bond donors (Lipinski definition) is 3. The Morgan fingerprint density at radius 2 is 1.54 bits per heavy atom. The Hall–Kier alpha value is -3.81. The topological polar surface area (TPSA) is 100 Å². The molecule has 0 aliphatic rings. The number of halogens is 6. The second-order valence-corrected chi connectivity index (χ2v) is 8.71. The van der Waals surface area contributed by atoms with E-state index >= 15 is 0 Å². The summed E-state index contributed by atoms with van der Waals surface area (Å²) in [5.41, 5.74) is -2.59. The van der Waals surface area contributed by atoms with Gasteiger partial charge in [-0.3, -0.25) is 9.71 Å². The zero-order valence-corrected chi connectivity index (χ0v) is 18.2. The fourth-order valence-electron chi connectivity index (χ4n) is 2.85. The van der Waals surface area contributed by atoms with Crippen molar-refractivity contribution in [2.24, 2.45) is 0 Å². The van der Waals surface area contributed by atoms with Gasteiger partial charge in [-0.2, -0.15) is 26.3 Å². The normalized spacial score (nSPS) is 12.2. The third kappa shape index (κ3) is 6.85. The fourth-order valence-corrected chi connectivity index (χ4v) is 4.16. The van der Waals surface area contributed by atoms with E-state index < -0.39 is 44.4 Å². The lowest BCUT2D eigenvalue weighted by molar-refractivity contribution is -0.143. The Balaban J connectivity index is 1.75. The molecule has 0 fully saturated rings. The van der Waals surface area contributed by atoms with Gasteiger partial charge < -0.3 is 10.6 Å². The van der Waals surface area contributed by atoms with Gasteiger partial charge in [-0.25, -0.2) is 13.2 Å². The maximum Gasteiger partial charge on any atom is 0.417 e. The first-order chi connectivity index (χ1) is 16.3. The van der Waals surface area contributed by atoms with Crippen LogP contribution in [0.3, 0.4) is 0 Å². The first kappa shape index (κ1) is 25.8. The van der Waals surface area contributed by atoms with Crippen LogP contribution in [0.1, 0.15) is 16.7 Å². The van der Waals surface area contributed by atoms with Gasteiger partial charge >= 0.3 is 18.4 Å². The third-order valence-electron chi connectivity index (χ3n) is 4.47. The molecule has 186 valence electrons. The van der Waals surface area contributed by atoms with Crippen LogP contribution < -0.4 is 15.4 Å². The minimum atomic E-state index is -5.22. The second kappa shape index (κ2) is 9.82. The van der Waals surface area contributed by atoms with E-state index in [-0.39, 0.29) is 36.1 Å². The first-order valence-corrected chi connectivity index (χ1v) is 11.1. The van der Waals surface area contributed by atoms with Crippen molar-refractivity contribution >= 4 is 27.4 Å². The number of rotatable bonds is 6. The van der Waals surface area contributed by atoms with Gasteiger partial charge in [0.05, 0.1) is 11.1 Å². The van der Waals surface area contributed by atoms with Crippen LogP contribution in [0.2, 0.25) is 0 Å². The quantitative estimate of drug-likeness (QED) is 0.389. The van der Waals surface area contributed by atoms with E-state index in [1.54, 1.807) is 24.5 Å². The van der Waals surface area contributed by atoms with Crippen LogP contribution in [-0.2, 0) is 28.9 Å². The zero-order valence-electron chi connectivity index (χ0n) is 17.4. The summed E-state index contributed by atoms with van der Waals surface area (Å²) in [6.07, 6.45) is -7.16. The van der Waals surface area contributed by atoms with E-state index in [0.717, 1.165) is 17.7 Å². The number of hydrogen-bond acceptors (Lipinski definition) is 4. The Bertz CT molecular complexity index is 1300. The fraction of sp³-hybridized carbons (Fsp3) is 0.143. The highest BCUT2D eigenvalue weighted by atomic mass is 32.2. The van der Waals surface area contributed by atoms with Gasteiger partial charge in [-0.15, -0.1) is 0 Å². The summed E-state index contributed by atoms with van der Waals surface area (Å²) in [6, 6.07) is 7.71. The average molecular weight is 518 g/mol. The van der Waals surface area contributed by atoms with Gasteiger partial charge in [0.2, 0.25) is 0 Å². The SMILES string of the molecule is O=C(NCc1cccnc1)Nc1ccc(NS(=O)(=O)c2cc(C(F)(F)F)ccc2C(F)(F)F)cc1. The number of benzene rings is 2. The summed E-state index contributed by atoms with van der Waals surface area (Å²) in [6.45, 7) is 0.177. The zero-order chi connectivity index (χ0) is 25.9. The largest absolute Gasteiger partial charge is 0.417 e. The molecule has 0 saturated heterocycles. The minimum Gasteiger partial charge on any atom is -0.334 e. The Kier molecular flexibility index (Phi) is 7.24. The minimum absolute atomic E-state index is 0.0640. The molecule has 0 radical (unpaired) electrons. The van der Waals surface area contributed by atoms with Crippen molar-refractivity contribution < 1.29 is 39.6 Å². The monoisotopic (exact) mass is 518 g/mol. The van der Waals surface area contributed by atoms with Crippen molar-refractivity contribution in [2.75, 3.05) is 10.0 Å². The molecule has 0 aliphatic carbocycles. The maximum absolute atomic E-state index is 13.3. The molecule has 0 unspecified atom stereocenters. The molecule has 0 spiro atoms. The number of carbonyl (C=O) groups is 1. The average Bonchev–Trinajstić information content (AvgIpc) is 2.78. The number of nitrogens with zero attached hydrogens (tertiary/aromatic N) is 1. The van der Waals surface area contributed by atoms with Gasteiger partial charge in [0.25, 0.3) is 10.0 Å². The van der Waals surface area contributed by atoms with Crippen LogP contribution >= 0.6 is 0 Å². The Morgan fingerprint density at radius 1 is 0.886 bits per heavy atom. The van der Waals surface area contributed by atoms with Crippen molar-refractivity contribution in [3.8, 4) is 0 Å². The summed E-state index contributed by atoms with van der Waals surface area (Å²) in [4.78, 5) is 14.3. The summed E-state index contributed by atoms with van der Waals surface area (Å²) >= 11 is 0. The molecule has 14 heteroatoms. The lowest BCUT2D eigenvalue weighted by Crippen LogP contribution is -2.28. The van der Waals surface area contributed by atoms with Crippen molar-refractivity contribution in [2.45, 2.75) is 23.8 Å². The lowest BCUT2D eigenvalue weighted by Gasteiger charge is -2.17. The van der Waals surface area contributed by atoms with E-state index in [9.17, 15) is 39.6 Å². The number of anilines is 2. The molecular weight excluding hydrogens is 502 g/mol. The summed E-state index contributed by atoms with van der Waals surface area (Å²) in [7, 11) is -5.06. The number of aromatic nitrogens is 1. The molecule has 3 aromatic rings. The lowest BCUT2D eigenvalue weighted by atomic mass is 10.1. The van der Waals surface area contributed by atoms with Gasteiger partial charge in [0.1, 0.15) is 4.90 Å². The smallest absolute Gasteiger partial charge is 0.334 e. The van der Waals surface area contributed by atoms with E-state index in [2.05, 4.69) is 15.6 Å². The summed E-state index contributed by atoms with van der Waals surface area (Å²) in [5.74, 6) is 0. The van der Waals surface area contributed by atoms with Gasteiger partial charge in [-0.1, -0.05) is 6.07 Å². The second-order valence-electron chi connectivity index (χ2n) is 7.06. The molecule has 1 aromatic heterocycles. The van der Waals surface area contributed by atoms with Gasteiger partial charge in [0, 0.05) is 30.3 Å². The van der Waals surface area contributed by atoms with Crippen LogP contribution in [0, 0.1) is 0 Å². The van der Waals surface area contributed by atoms with Crippen LogP contribution in [0.25, 0.3) is 0 Å². The van der Waals surface area contributed by atoms with E-state index in [1.165, 1.54) is 12.1 Å². The third-order valence-corrected chi connectivity index (χ3v) is 5.90. The molecule has 2 amide bonds. The van der Waals surface area contributed by atoms with Gasteiger partial charge in [0.15, 0.2) is 0 Å².